The van der Waals surface area contributed by atoms with E-state index in [-0.39, 0.29) is 12.3 Å². The minimum absolute atomic E-state index is 0.0382. The van der Waals surface area contributed by atoms with Gasteiger partial charge in [0.1, 0.15) is 5.82 Å². The van der Waals surface area contributed by atoms with E-state index in [1.54, 1.807) is 6.07 Å². The summed E-state index contributed by atoms with van der Waals surface area (Å²) in [6, 6.07) is 5.72. The third-order valence-corrected chi connectivity index (χ3v) is 3.81. The molecule has 2 rings (SSSR count). The number of likely N-dealkylation sites (tertiary alicyclic amines) is 1. The zero-order valence-corrected chi connectivity index (χ0v) is 12.2. The van der Waals surface area contributed by atoms with Gasteiger partial charge in [-0.25, -0.2) is 4.39 Å². The Kier molecular flexibility index (Phi) is 6.14. The van der Waals surface area contributed by atoms with Crippen molar-refractivity contribution >= 4 is 5.91 Å². The number of nitrogens with one attached hydrogen (secondary N) is 1. The normalized spacial score (nSPS) is 17.4. The molecule has 1 aromatic carbocycles. The molecule has 2 N–H and O–H groups in total. The quantitative estimate of drug-likeness (QED) is 0.842. The second kappa shape index (κ2) is 8.10. The Balaban J connectivity index is 1.69. The number of benzene rings is 1. The molecule has 0 aromatic heterocycles. The fourth-order valence-electron chi connectivity index (χ4n) is 2.62. The number of aliphatic hydroxyl groups excluding tert-OH is 1. The summed E-state index contributed by atoms with van der Waals surface area (Å²) in [7, 11) is 0. The highest BCUT2D eigenvalue weighted by Crippen LogP contribution is 2.17. The minimum atomic E-state index is -0.962. The smallest absolute Gasteiger partial charge is 0.223 e. The van der Waals surface area contributed by atoms with Gasteiger partial charge in [0.25, 0.3) is 0 Å². The van der Waals surface area contributed by atoms with Gasteiger partial charge in [0.2, 0.25) is 5.91 Å². The molecule has 1 atom stereocenters. The standard InChI is InChI=1S/C16H23FN2O2/c17-14-6-4-5-13(11-14)15(20)12-16(21)18-7-10-19-8-2-1-3-9-19/h4-6,11,15,20H,1-3,7-10,12H2,(H,18,21). The van der Waals surface area contributed by atoms with Gasteiger partial charge in [-0.1, -0.05) is 18.6 Å². The fraction of sp³-hybridized carbons (Fsp3) is 0.562. The Morgan fingerprint density at radius 2 is 2.10 bits per heavy atom. The first kappa shape index (κ1) is 15.9. The molecular weight excluding hydrogens is 271 g/mol. The zero-order valence-electron chi connectivity index (χ0n) is 12.2. The largest absolute Gasteiger partial charge is 0.388 e. The van der Waals surface area contributed by atoms with Crippen molar-refractivity contribution in [2.45, 2.75) is 31.8 Å². The van der Waals surface area contributed by atoms with Crippen LogP contribution in [0.5, 0.6) is 0 Å². The summed E-state index contributed by atoms with van der Waals surface area (Å²) < 4.78 is 13.1. The van der Waals surface area contributed by atoms with Gasteiger partial charge in [0, 0.05) is 13.1 Å². The van der Waals surface area contributed by atoms with Gasteiger partial charge in [0.15, 0.2) is 0 Å². The van der Waals surface area contributed by atoms with Crippen LogP contribution in [0.3, 0.4) is 0 Å². The van der Waals surface area contributed by atoms with E-state index in [1.807, 2.05) is 0 Å². The highest BCUT2D eigenvalue weighted by molar-refractivity contribution is 5.76. The summed E-state index contributed by atoms with van der Waals surface area (Å²) in [6.45, 7) is 3.64. The van der Waals surface area contributed by atoms with E-state index in [0.717, 1.165) is 19.6 Å². The van der Waals surface area contributed by atoms with E-state index in [2.05, 4.69) is 10.2 Å². The number of nitrogens with zero attached hydrogens (tertiary/aromatic N) is 1. The molecule has 0 spiro atoms. The SMILES string of the molecule is O=C(CC(O)c1cccc(F)c1)NCCN1CCCCC1. The number of hydrogen-bond acceptors (Lipinski definition) is 3. The van der Waals surface area contributed by atoms with Crippen LogP contribution in [0.1, 0.15) is 37.4 Å². The Labute approximate surface area is 125 Å². The first-order valence-corrected chi connectivity index (χ1v) is 7.58. The molecule has 1 unspecified atom stereocenters. The van der Waals surface area contributed by atoms with Gasteiger partial charge in [-0.15, -0.1) is 0 Å². The van der Waals surface area contributed by atoms with E-state index in [9.17, 15) is 14.3 Å². The van der Waals surface area contributed by atoms with Crippen LogP contribution in [0.15, 0.2) is 24.3 Å². The molecule has 0 saturated carbocycles. The van der Waals surface area contributed by atoms with Crippen LogP contribution >= 0.6 is 0 Å². The minimum Gasteiger partial charge on any atom is -0.388 e. The van der Waals surface area contributed by atoms with Crippen LogP contribution in [-0.2, 0) is 4.79 Å². The number of halogens is 1. The predicted molar refractivity (Wildman–Crippen MR) is 79.3 cm³/mol. The van der Waals surface area contributed by atoms with E-state index in [4.69, 9.17) is 0 Å². The number of amides is 1. The Hall–Kier alpha value is -1.46. The van der Waals surface area contributed by atoms with Crippen molar-refractivity contribution < 1.29 is 14.3 Å². The summed E-state index contributed by atoms with van der Waals surface area (Å²) in [5.74, 6) is -0.610. The first-order valence-electron chi connectivity index (χ1n) is 7.58. The molecule has 4 nitrogen and oxygen atoms in total. The Bertz CT molecular complexity index is 461. The zero-order chi connectivity index (χ0) is 15.1. The molecule has 0 radical (unpaired) electrons. The molecule has 116 valence electrons. The topological polar surface area (TPSA) is 52.6 Å². The summed E-state index contributed by atoms with van der Waals surface area (Å²) in [5, 5.41) is 12.7. The molecule has 0 bridgehead atoms. The van der Waals surface area contributed by atoms with Crippen LogP contribution in [-0.4, -0.2) is 42.1 Å². The van der Waals surface area contributed by atoms with Crippen LogP contribution < -0.4 is 5.32 Å². The van der Waals surface area contributed by atoms with Crippen molar-refractivity contribution in [2.75, 3.05) is 26.2 Å². The number of carbonyl (C=O) groups excluding carboxylic acids is 1. The van der Waals surface area contributed by atoms with Crippen LogP contribution in [0.4, 0.5) is 4.39 Å². The number of carbonyl (C=O) groups is 1. The highest BCUT2D eigenvalue weighted by atomic mass is 19.1. The van der Waals surface area contributed by atoms with Gasteiger partial charge in [0.05, 0.1) is 12.5 Å². The molecule has 1 saturated heterocycles. The molecule has 21 heavy (non-hydrogen) atoms. The number of rotatable bonds is 6. The number of piperidine rings is 1. The summed E-state index contributed by atoms with van der Waals surface area (Å²) in [4.78, 5) is 14.1. The van der Waals surface area contributed by atoms with E-state index < -0.39 is 11.9 Å². The van der Waals surface area contributed by atoms with E-state index in [0.29, 0.717) is 12.1 Å². The average molecular weight is 294 g/mol. The number of hydrogen-bond donors (Lipinski definition) is 2. The monoisotopic (exact) mass is 294 g/mol. The molecule has 5 heteroatoms. The predicted octanol–water partition coefficient (Wildman–Crippen LogP) is 1.85. The molecule has 1 aromatic rings. The fourth-order valence-corrected chi connectivity index (χ4v) is 2.62. The molecule has 1 aliphatic rings. The summed E-state index contributed by atoms with van der Waals surface area (Å²) in [6.07, 6.45) is 2.75. The molecule has 1 aliphatic heterocycles. The Morgan fingerprint density at radius 1 is 1.33 bits per heavy atom. The second-order valence-corrected chi connectivity index (χ2v) is 5.53. The first-order chi connectivity index (χ1) is 10.1. The van der Waals surface area contributed by atoms with Gasteiger partial charge in [-0.2, -0.15) is 0 Å². The maximum Gasteiger partial charge on any atom is 0.223 e. The maximum absolute atomic E-state index is 13.1. The van der Waals surface area contributed by atoms with Gasteiger partial charge in [-0.05, 0) is 43.6 Å². The van der Waals surface area contributed by atoms with E-state index in [1.165, 1.54) is 37.5 Å². The molecule has 1 heterocycles. The van der Waals surface area contributed by atoms with Crippen molar-refractivity contribution in [3.63, 3.8) is 0 Å². The third kappa shape index (κ3) is 5.44. The lowest BCUT2D eigenvalue weighted by Crippen LogP contribution is -2.37. The van der Waals surface area contributed by atoms with E-state index >= 15 is 0 Å². The van der Waals surface area contributed by atoms with Crippen LogP contribution in [0.2, 0.25) is 0 Å². The third-order valence-electron chi connectivity index (χ3n) is 3.81. The van der Waals surface area contributed by atoms with Crippen LogP contribution in [0, 0.1) is 5.82 Å². The lowest BCUT2D eigenvalue weighted by molar-refractivity contribution is -0.123. The van der Waals surface area contributed by atoms with Gasteiger partial charge in [-0.3, -0.25) is 4.79 Å². The second-order valence-electron chi connectivity index (χ2n) is 5.53. The van der Waals surface area contributed by atoms with Crippen molar-refractivity contribution in [1.29, 1.82) is 0 Å². The van der Waals surface area contributed by atoms with Crippen molar-refractivity contribution in [3.05, 3.63) is 35.6 Å². The van der Waals surface area contributed by atoms with Crippen molar-refractivity contribution in [2.24, 2.45) is 0 Å². The highest BCUT2D eigenvalue weighted by Gasteiger charge is 2.14. The molecule has 1 fully saturated rings. The van der Waals surface area contributed by atoms with Crippen molar-refractivity contribution in [1.82, 2.24) is 10.2 Å². The van der Waals surface area contributed by atoms with Gasteiger partial charge < -0.3 is 15.3 Å². The molecule has 1 amide bonds. The lowest BCUT2D eigenvalue weighted by Gasteiger charge is -2.26. The average Bonchev–Trinajstić information content (AvgIpc) is 2.48. The lowest BCUT2D eigenvalue weighted by atomic mass is 10.1. The maximum atomic E-state index is 13.1. The molecule has 0 aliphatic carbocycles. The van der Waals surface area contributed by atoms with Gasteiger partial charge >= 0.3 is 0 Å². The summed E-state index contributed by atoms with van der Waals surface area (Å²) in [5.41, 5.74) is 0.432. The van der Waals surface area contributed by atoms with Crippen LogP contribution in [0.25, 0.3) is 0 Å². The summed E-state index contributed by atoms with van der Waals surface area (Å²) >= 11 is 0. The number of aliphatic hydroxyl groups is 1. The van der Waals surface area contributed by atoms with Crippen molar-refractivity contribution in [3.8, 4) is 0 Å². The Morgan fingerprint density at radius 3 is 2.81 bits per heavy atom. The molecular formula is C16H23FN2O2.